The minimum absolute atomic E-state index is 0.110. The Hall–Kier alpha value is -0.610. The topological polar surface area (TPSA) is 64.4 Å². The van der Waals surface area contributed by atoms with Gasteiger partial charge in [0, 0.05) is 13.1 Å². The van der Waals surface area contributed by atoms with Gasteiger partial charge in [-0.2, -0.15) is 0 Å². The first-order valence-corrected chi connectivity index (χ1v) is 8.28. The van der Waals surface area contributed by atoms with Gasteiger partial charge in [0.25, 0.3) is 0 Å². The maximum Gasteiger partial charge on any atom is 0.227 e. The average Bonchev–Trinajstić information content (AvgIpc) is 2.96. The summed E-state index contributed by atoms with van der Waals surface area (Å²) in [6, 6.07) is 0. The molecule has 3 N–H and O–H groups in total. The Balaban J connectivity index is 2.32. The van der Waals surface area contributed by atoms with Gasteiger partial charge >= 0.3 is 0 Å². The van der Waals surface area contributed by atoms with Crippen LogP contribution in [-0.2, 0) is 9.53 Å². The van der Waals surface area contributed by atoms with Crippen LogP contribution in [-0.4, -0.2) is 31.7 Å². The Morgan fingerprint density at radius 2 is 1.85 bits per heavy atom. The second-order valence-electron chi connectivity index (χ2n) is 6.02. The van der Waals surface area contributed by atoms with E-state index < -0.39 is 0 Å². The molecule has 0 radical (unpaired) electrons. The van der Waals surface area contributed by atoms with E-state index in [4.69, 9.17) is 10.5 Å². The smallest absolute Gasteiger partial charge is 0.227 e. The van der Waals surface area contributed by atoms with Crippen LogP contribution in [0.5, 0.6) is 0 Å². The Kier molecular flexibility index (Phi) is 8.15. The minimum Gasteiger partial charge on any atom is -0.376 e. The Morgan fingerprint density at radius 1 is 1.25 bits per heavy atom. The quantitative estimate of drug-likeness (QED) is 0.606. The fraction of sp³-hybridized carbons (Fsp3) is 0.938. The van der Waals surface area contributed by atoms with E-state index in [0.29, 0.717) is 25.8 Å². The van der Waals surface area contributed by atoms with Crippen molar-refractivity contribution in [2.45, 2.75) is 71.3 Å². The van der Waals surface area contributed by atoms with Crippen molar-refractivity contribution in [2.75, 3.05) is 19.7 Å². The molecule has 0 heterocycles. The van der Waals surface area contributed by atoms with Crippen molar-refractivity contribution >= 4 is 5.91 Å². The molecule has 0 aliphatic heterocycles. The molecule has 4 nitrogen and oxygen atoms in total. The fourth-order valence-electron chi connectivity index (χ4n) is 3.24. The van der Waals surface area contributed by atoms with Crippen LogP contribution in [0, 0.1) is 5.41 Å². The maximum atomic E-state index is 12.4. The predicted octanol–water partition coefficient (Wildman–Crippen LogP) is 2.61. The van der Waals surface area contributed by atoms with Gasteiger partial charge in [-0.3, -0.25) is 4.79 Å². The van der Waals surface area contributed by atoms with Crippen LogP contribution in [0.15, 0.2) is 0 Å². The lowest BCUT2D eigenvalue weighted by molar-refractivity contribution is -0.131. The van der Waals surface area contributed by atoms with Crippen molar-refractivity contribution in [3.63, 3.8) is 0 Å². The highest BCUT2D eigenvalue weighted by atomic mass is 16.5. The van der Waals surface area contributed by atoms with E-state index in [0.717, 1.165) is 25.7 Å². The molecule has 4 heteroatoms. The van der Waals surface area contributed by atoms with E-state index in [1.54, 1.807) is 0 Å². The summed E-state index contributed by atoms with van der Waals surface area (Å²) in [7, 11) is 0. The van der Waals surface area contributed by atoms with Gasteiger partial charge in [-0.25, -0.2) is 0 Å². The Bertz CT molecular complexity index is 270. The summed E-state index contributed by atoms with van der Waals surface area (Å²) in [4.78, 5) is 12.4. The Morgan fingerprint density at radius 3 is 2.35 bits per heavy atom. The molecular weight excluding hydrogens is 252 g/mol. The van der Waals surface area contributed by atoms with Crippen LogP contribution in [0.1, 0.15) is 65.2 Å². The molecular formula is C16H32N2O2. The largest absolute Gasteiger partial charge is 0.376 e. The second kappa shape index (κ2) is 9.35. The highest BCUT2D eigenvalue weighted by molar-refractivity contribution is 5.82. The molecule has 20 heavy (non-hydrogen) atoms. The third-order valence-corrected chi connectivity index (χ3v) is 4.37. The monoisotopic (exact) mass is 284 g/mol. The van der Waals surface area contributed by atoms with E-state index in [1.165, 1.54) is 25.7 Å². The average molecular weight is 284 g/mol. The summed E-state index contributed by atoms with van der Waals surface area (Å²) < 4.78 is 5.77. The zero-order valence-electron chi connectivity index (χ0n) is 13.2. The van der Waals surface area contributed by atoms with Gasteiger partial charge in [-0.05, 0) is 25.7 Å². The zero-order valence-corrected chi connectivity index (χ0v) is 13.2. The first kappa shape index (κ1) is 17.4. The number of ether oxygens (including phenoxy) is 1. The zero-order chi connectivity index (χ0) is 14.8. The van der Waals surface area contributed by atoms with E-state index >= 15 is 0 Å². The molecule has 0 bridgehead atoms. The van der Waals surface area contributed by atoms with Gasteiger partial charge in [0.05, 0.1) is 18.1 Å². The predicted molar refractivity (Wildman–Crippen MR) is 82.5 cm³/mol. The molecule has 0 aromatic carbocycles. The summed E-state index contributed by atoms with van der Waals surface area (Å²) in [6.45, 7) is 5.87. The number of carbonyl (C=O) groups is 1. The molecule has 1 aliphatic rings. The van der Waals surface area contributed by atoms with Crippen molar-refractivity contribution in [3.8, 4) is 0 Å². The van der Waals surface area contributed by atoms with Gasteiger partial charge < -0.3 is 15.8 Å². The lowest BCUT2D eigenvalue weighted by Crippen LogP contribution is -2.46. The number of amides is 1. The van der Waals surface area contributed by atoms with Crippen LogP contribution >= 0.6 is 0 Å². The third kappa shape index (κ3) is 5.06. The van der Waals surface area contributed by atoms with Gasteiger partial charge in [0.2, 0.25) is 5.91 Å². The lowest BCUT2D eigenvalue weighted by atomic mass is 9.78. The molecule has 0 spiro atoms. The summed E-state index contributed by atoms with van der Waals surface area (Å²) in [5.41, 5.74) is 5.51. The Labute approximate surface area is 123 Å². The molecule has 118 valence electrons. The molecule has 0 aromatic heterocycles. The van der Waals surface area contributed by atoms with Crippen LogP contribution < -0.4 is 11.1 Å². The van der Waals surface area contributed by atoms with Crippen molar-refractivity contribution in [3.05, 3.63) is 0 Å². The van der Waals surface area contributed by atoms with E-state index in [-0.39, 0.29) is 11.3 Å². The summed E-state index contributed by atoms with van der Waals surface area (Å²) >= 11 is 0. The van der Waals surface area contributed by atoms with Crippen molar-refractivity contribution in [1.29, 1.82) is 0 Å². The summed E-state index contributed by atoms with van der Waals surface area (Å²) in [5, 5.41) is 3.02. The van der Waals surface area contributed by atoms with Gasteiger partial charge in [-0.15, -0.1) is 0 Å². The molecule has 0 saturated heterocycles. The van der Waals surface area contributed by atoms with Crippen molar-refractivity contribution in [1.82, 2.24) is 5.32 Å². The number of carbonyl (C=O) groups excluding carboxylic acids is 1. The molecule has 0 unspecified atom stereocenters. The number of nitrogens with one attached hydrogen (secondary N) is 1. The van der Waals surface area contributed by atoms with Crippen molar-refractivity contribution in [2.24, 2.45) is 11.1 Å². The normalized spacial score (nSPS) is 16.6. The second-order valence-corrected chi connectivity index (χ2v) is 6.02. The van der Waals surface area contributed by atoms with Crippen molar-refractivity contribution < 1.29 is 9.53 Å². The number of rotatable bonds is 10. The fourth-order valence-corrected chi connectivity index (χ4v) is 3.24. The van der Waals surface area contributed by atoms with Crippen LogP contribution in [0.3, 0.4) is 0 Å². The molecule has 1 saturated carbocycles. The van der Waals surface area contributed by atoms with Gasteiger partial charge in [0.15, 0.2) is 0 Å². The van der Waals surface area contributed by atoms with Gasteiger partial charge in [-0.1, -0.05) is 39.5 Å². The molecule has 1 fully saturated rings. The molecule has 1 rings (SSSR count). The SMILES string of the molecule is CCCC(CN)(CCC)C(=O)NCCOC1CCCC1. The van der Waals surface area contributed by atoms with Crippen LogP contribution in [0.2, 0.25) is 0 Å². The summed E-state index contributed by atoms with van der Waals surface area (Å²) in [6.07, 6.45) is 9.03. The maximum absolute atomic E-state index is 12.4. The standard InChI is InChI=1S/C16H32N2O2/c1-3-9-16(13-17,10-4-2)15(19)18-11-12-20-14-7-5-6-8-14/h14H,3-13,17H2,1-2H3,(H,18,19). The first-order valence-electron chi connectivity index (χ1n) is 8.28. The molecule has 1 aliphatic carbocycles. The van der Waals surface area contributed by atoms with Crippen LogP contribution in [0.25, 0.3) is 0 Å². The molecule has 1 amide bonds. The molecule has 0 aromatic rings. The van der Waals surface area contributed by atoms with E-state index in [2.05, 4.69) is 19.2 Å². The molecule has 0 atom stereocenters. The highest BCUT2D eigenvalue weighted by Gasteiger charge is 2.34. The number of hydrogen-bond acceptors (Lipinski definition) is 3. The number of hydrogen-bond donors (Lipinski definition) is 2. The number of nitrogens with two attached hydrogens (primary N) is 1. The van der Waals surface area contributed by atoms with Gasteiger partial charge in [0.1, 0.15) is 0 Å². The summed E-state index contributed by atoms with van der Waals surface area (Å²) in [5.74, 6) is 0.110. The van der Waals surface area contributed by atoms with E-state index in [9.17, 15) is 4.79 Å². The highest BCUT2D eigenvalue weighted by Crippen LogP contribution is 2.29. The third-order valence-electron chi connectivity index (χ3n) is 4.37. The lowest BCUT2D eigenvalue weighted by Gasteiger charge is -2.30. The minimum atomic E-state index is -0.378. The van der Waals surface area contributed by atoms with Crippen LogP contribution in [0.4, 0.5) is 0 Å². The first-order chi connectivity index (χ1) is 9.68. The van der Waals surface area contributed by atoms with E-state index in [1.807, 2.05) is 0 Å².